The van der Waals surface area contributed by atoms with E-state index >= 15 is 0 Å². The molecular weight excluding hydrogens is 1130 g/mol. The predicted octanol–water partition coefficient (Wildman–Crippen LogP) is 11.2. The zero-order valence-electron chi connectivity index (χ0n) is 50.6. The minimum atomic E-state index is -0.803. The van der Waals surface area contributed by atoms with E-state index < -0.39 is 23.8 Å². The maximum absolute atomic E-state index is 14.2. The third-order valence-electron chi connectivity index (χ3n) is 16.2. The Labute approximate surface area is 516 Å². The minimum absolute atomic E-state index is 0.0963. The van der Waals surface area contributed by atoms with Crippen LogP contribution in [0.2, 0.25) is 0 Å². The highest BCUT2D eigenvalue weighted by Gasteiger charge is 2.37. The second-order valence-electron chi connectivity index (χ2n) is 22.7. The van der Waals surface area contributed by atoms with Crippen LogP contribution in [0.4, 0.5) is 22.7 Å². The molecule has 10 rings (SSSR count). The van der Waals surface area contributed by atoms with Crippen molar-refractivity contribution in [3.8, 4) is 28.7 Å². The van der Waals surface area contributed by atoms with Crippen molar-refractivity contribution in [2.75, 3.05) is 39.3 Å². The topological polar surface area (TPSA) is 228 Å². The molecule has 5 aliphatic heterocycles. The SMILES string of the molecule is [C-]#[N+]c1ccc(OC2=CC(=O)N(CCCCCC(=O)N[C@@H](C(=O)C[C@H](C)C(=O)Nc3ccc(C4=CN5C(=O)c6cc(OC)c(OCCCOc7cc8c(cc7OC)C(=O)N7C=C(c9ccc(CC)cc9)C[C@H]7C=N8)cc6N=C[C@@H]5C4)cc3)C(C)C)C2=O)cc1. The van der Waals surface area contributed by atoms with Gasteiger partial charge in [0.1, 0.15) is 5.75 Å². The summed E-state index contributed by atoms with van der Waals surface area (Å²) in [5.41, 5.74) is 7.82. The highest BCUT2D eigenvalue weighted by atomic mass is 16.5. The first-order valence-corrected chi connectivity index (χ1v) is 29.9. The molecule has 5 aromatic rings. The van der Waals surface area contributed by atoms with Crippen molar-refractivity contribution in [1.29, 1.82) is 0 Å². The molecule has 5 aliphatic rings. The van der Waals surface area contributed by atoms with Gasteiger partial charge in [0, 0.05) is 87.2 Å². The van der Waals surface area contributed by atoms with Gasteiger partial charge in [-0.3, -0.25) is 48.4 Å². The number of ether oxygens (including phenoxy) is 5. The first kappa shape index (κ1) is 61.9. The number of hydrogen-bond donors (Lipinski definition) is 2. The van der Waals surface area contributed by atoms with Gasteiger partial charge >= 0.3 is 0 Å². The number of amides is 6. The van der Waals surface area contributed by atoms with E-state index in [2.05, 4.69) is 46.7 Å². The monoisotopic (exact) mass is 1200 g/mol. The summed E-state index contributed by atoms with van der Waals surface area (Å²) in [5, 5.41) is 5.75. The molecule has 20 heteroatoms. The van der Waals surface area contributed by atoms with Gasteiger partial charge in [0.2, 0.25) is 11.8 Å². The van der Waals surface area contributed by atoms with Crippen molar-refractivity contribution in [2.24, 2.45) is 21.8 Å². The molecular formula is C69H70N8O12. The number of Topliss-reactive ketones (excluding diaryl/α,β-unsaturated/α-hetero) is 1. The number of fused-ring (bicyclic) bond motifs is 4. The van der Waals surface area contributed by atoms with Crippen LogP contribution in [0.15, 0.2) is 131 Å². The molecule has 0 fully saturated rings. The zero-order valence-corrected chi connectivity index (χ0v) is 50.6. The van der Waals surface area contributed by atoms with Gasteiger partial charge in [0.25, 0.3) is 23.6 Å². The molecule has 5 aromatic carbocycles. The van der Waals surface area contributed by atoms with Crippen molar-refractivity contribution in [2.45, 2.75) is 104 Å². The van der Waals surface area contributed by atoms with Gasteiger partial charge in [-0.1, -0.05) is 82.6 Å². The van der Waals surface area contributed by atoms with Crippen LogP contribution in [-0.4, -0.2) is 120 Å². The normalized spacial score (nSPS) is 17.1. The minimum Gasteiger partial charge on any atom is -0.493 e. The summed E-state index contributed by atoms with van der Waals surface area (Å²) in [6, 6.07) is 27.3. The number of carbonyl (C=O) groups excluding carboxylic acids is 7. The van der Waals surface area contributed by atoms with Crippen molar-refractivity contribution in [3.63, 3.8) is 0 Å². The zero-order chi connectivity index (χ0) is 62.9. The number of aryl methyl sites for hydroxylation is 1. The fourth-order valence-corrected chi connectivity index (χ4v) is 11.2. The van der Waals surface area contributed by atoms with Crippen LogP contribution in [0.3, 0.4) is 0 Å². The summed E-state index contributed by atoms with van der Waals surface area (Å²) < 4.78 is 29.3. The molecule has 0 aromatic heterocycles. The fourth-order valence-electron chi connectivity index (χ4n) is 11.2. The number of nitrogens with one attached hydrogen (secondary N) is 2. The Bertz CT molecular complexity index is 3790. The number of methoxy groups -OCH3 is 2. The fraction of sp³-hybridized carbons (Fsp3) is 0.333. The van der Waals surface area contributed by atoms with E-state index in [1.807, 2.05) is 44.6 Å². The van der Waals surface area contributed by atoms with Crippen LogP contribution in [0.25, 0.3) is 16.0 Å². The lowest BCUT2D eigenvalue weighted by Crippen LogP contribution is -2.45. The quantitative estimate of drug-likeness (QED) is 0.0299. The second kappa shape index (κ2) is 27.7. The molecule has 0 radical (unpaired) electrons. The Hall–Kier alpha value is -10.2. The summed E-state index contributed by atoms with van der Waals surface area (Å²) in [7, 11) is 3.04. The van der Waals surface area contributed by atoms with Crippen LogP contribution >= 0.6 is 0 Å². The molecule has 5 heterocycles. The molecule has 20 nitrogen and oxygen atoms in total. The number of aliphatic imine (C=N–C) groups is 2. The van der Waals surface area contributed by atoms with Crippen molar-refractivity contribution >= 4 is 87.6 Å². The first-order chi connectivity index (χ1) is 43.0. The van der Waals surface area contributed by atoms with Gasteiger partial charge in [-0.05, 0) is 89.4 Å². The van der Waals surface area contributed by atoms with E-state index in [4.69, 9.17) is 40.2 Å². The third-order valence-corrected chi connectivity index (χ3v) is 16.2. The Kier molecular flexibility index (Phi) is 19.3. The average Bonchev–Trinajstić information content (AvgIpc) is 1.83. The standard InChI is InChI=1S/C69H70N8O12/c1-8-43-14-16-44(17-15-43)46-30-50-37-71-55-34-60(58(85-6)32-53(55)67(82)76(50)39-46)87-27-12-28-88-61-35-56-54(33-59(61)86-7)68(83)77-40-47(31-51(77)38-72-56)45-18-20-49(21-19-45)73-66(81)42(4)29-57(78)65(41(2)3)74-63(79)13-10-9-11-26-75-64(80)36-62(69(75)84)89-52-24-22-48(70-5)23-25-52/h14-25,32-42,50-51,65H,8-13,26-31H2,1-4,6-7H3,(H,73,81)(H,74,79)/t42-,50-,51-,65+/m0/s1. The number of benzene rings is 5. The number of hydrogen-bond acceptors (Lipinski definition) is 14. The summed E-state index contributed by atoms with van der Waals surface area (Å²) in [6.07, 6.45) is 12.5. The van der Waals surface area contributed by atoms with Gasteiger partial charge in [-0.25, -0.2) is 4.85 Å². The summed E-state index contributed by atoms with van der Waals surface area (Å²) in [6.45, 7) is 15.2. The van der Waals surface area contributed by atoms with Crippen molar-refractivity contribution < 1.29 is 57.2 Å². The molecule has 0 spiro atoms. The summed E-state index contributed by atoms with van der Waals surface area (Å²) in [4.78, 5) is 111. The molecule has 458 valence electrons. The molecule has 6 amide bonds. The van der Waals surface area contributed by atoms with Gasteiger partial charge in [-0.15, -0.1) is 0 Å². The number of unbranched alkanes of at least 4 members (excludes halogenated alkanes) is 2. The van der Waals surface area contributed by atoms with Gasteiger partial charge in [-0.2, -0.15) is 0 Å². The third kappa shape index (κ3) is 14.2. The van der Waals surface area contributed by atoms with E-state index in [1.54, 1.807) is 83.6 Å². The smallest absolute Gasteiger partial charge is 0.296 e. The van der Waals surface area contributed by atoms with Crippen molar-refractivity contribution in [3.05, 3.63) is 161 Å². The average molecular weight is 1200 g/mol. The number of anilines is 1. The predicted molar refractivity (Wildman–Crippen MR) is 336 cm³/mol. The molecule has 0 aliphatic carbocycles. The Morgan fingerprint density at radius 3 is 1.78 bits per heavy atom. The lowest BCUT2D eigenvalue weighted by molar-refractivity contribution is -0.138. The van der Waals surface area contributed by atoms with Gasteiger partial charge in [0.15, 0.2) is 40.2 Å². The van der Waals surface area contributed by atoms with E-state index in [1.165, 1.54) is 19.8 Å². The van der Waals surface area contributed by atoms with Crippen LogP contribution < -0.4 is 34.3 Å². The lowest BCUT2D eigenvalue weighted by atomic mass is 9.92. The Morgan fingerprint density at radius 1 is 0.685 bits per heavy atom. The van der Waals surface area contributed by atoms with Crippen LogP contribution in [0.1, 0.15) is 116 Å². The molecule has 89 heavy (non-hydrogen) atoms. The second-order valence-corrected chi connectivity index (χ2v) is 22.7. The molecule has 0 unspecified atom stereocenters. The molecule has 0 saturated carbocycles. The number of ketones is 1. The number of imide groups is 1. The van der Waals surface area contributed by atoms with E-state index in [9.17, 15) is 33.6 Å². The highest BCUT2D eigenvalue weighted by molar-refractivity contribution is 6.15. The summed E-state index contributed by atoms with van der Waals surface area (Å²) in [5.74, 6) is -1.49. The molecule has 4 atom stereocenters. The number of carbonyl (C=O) groups is 7. The van der Waals surface area contributed by atoms with Crippen LogP contribution in [-0.2, 0) is 30.4 Å². The largest absolute Gasteiger partial charge is 0.493 e. The van der Waals surface area contributed by atoms with Gasteiger partial charge < -0.3 is 44.1 Å². The first-order valence-electron chi connectivity index (χ1n) is 29.9. The molecule has 0 saturated heterocycles. The van der Waals surface area contributed by atoms with Gasteiger partial charge in [0.05, 0.1) is 80.7 Å². The van der Waals surface area contributed by atoms with Crippen LogP contribution in [0, 0.1) is 18.4 Å². The number of rotatable bonds is 26. The lowest BCUT2D eigenvalue weighted by Gasteiger charge is -2.23. The van der Waals surface area contributed by atoms with E-state index in [-0.39, 0.29) is 85.8 Å². The number of nitrogens with zero attached hydrogens (tertiary/aromatic N) is 6. The maximum Gasteiger partial charge on any atom is 0.296 e. The Balaban J connectivity index is 0.659. The Morgan fingerprint density at radius 2 is 1.25 bits per heavy atom. The molecule has 0 bridgehead atoms. The van der Waals surface area contributed by atoms with E-state index in [0.717, 1.165) is 39.7 Å². The van der Waals surface area contributed by atoms with Crippen LogP contribution in [0.5, 0.6) is 28.7 Å². The van der Waals surface area contributed by atoms with Crippen molar-refractivity contribution in [1.82, 2.24) is 20.0 Å². The maximum atomic E-state index is 14.2. The van der Waals surface area contributed by atoms with E-state index in [0.29, 0.717) is 101 Å². The highest BCUT2D eigenvalue weighted by Crippen LogP contribution is 2.42. The molecule has 2 N–H and O–H groups in total. The summed E-state index contributed by atoms with van der Waals surface area (Å²) >= 11 is 0.